The zero-order chi connectivity index (χ0) is 65.3. The Kier molecular flexibility index (Phi) is 60.7. The first kappa shape index (κ1) is 84.7. The van der Waals surface area contributed by atoms with Crippen LogP contribution in [0.3, 0.4) is 0 Å². The fourth-order valence-corrected chi connectivity index (χ4v) is 9.77. The Labute approximate surface area is 537 Å². The molecule has 0 aliphatic rings. The molecule has 0 saturated heterocycles. The number of phosphoric acid groups is 2. The van der Waals surface area contributed by atoms with Crippen molar-refractivity contribution in [3.8, 4) is 0 Å². The van der Waals surface area contributed by atoms with E-state index in [1.807, 2.05) is 0 Å². The molecule has 5 unspecified atom stereocenters. The van der Waals surface area contributed by atoms with Crippen molar-refractivity contribution >= 4 is 33.6 Å². The molecule has 89 heavy (non-hydrogen) atoms. The van der Waals surface area contributed by atoms with Crippen LogP contribution in [0.25, 0.3) is 0 Å². The summed E-state index contributed by atoms with van der Waals surface area (Å²) in [6, 6.07) is 0. The van der Waals surface area contributed by atoms with E-state index in [1.54, 1.807) is 0 Å². The van der Waals surface area contributed by atoms with Crippen LogP contribution in [-0.4, -0.2) is 95.9 Å². The van der Waals surface area contributed by atoms with E-state index in [2.05, 4.69) is 154 Å². The summed E-state index contributed by atoms with van der Waals surface area (Å²) in [5, 5.41) is 20.5. The van der Waals surface area contributed by atoms with Crippen LogP contribution in [0.2, 0.25) is 0 Å². The number of phosphoric ester groups is 2. The van der Waals surface area contributed by atoms with Crippen molar-refractivity contribution in [2.24, 2.45) is 0 Å². The van der Waals surface area contributed by atoms with E-state index < -0.39 is 91.5 Å². The van der Waals surface area contributed by atoms with Gasteiger partial charge >= 0.3 is 33.6 Å². The third kappa shape index (κ3) is 65.0. The first-order chi connectivity index (χ1) is 43.2. The monoisotopic (exact) mass is 1290 g/mol. The van der Waals surface area contributed by atoms with Gasteiger partial charge < -0.3 is 34.2 Å². The van der Waals surface area contributed by atoms with Crippen LogP contribution in [0.1, 0.15) is 239 Å². The molecule has 0 heterocycles. The molecule has 0 aliphatic carbocycles. The maximum absolute atomic E-state index is 12.9. The highest BCUT2D eigenvalue weighted by atomic mass is 31.2. The van der Waals surface area contributed by atoms with Gasteiger partial charge in [-0.25, -0.2) is 9.13 Å². The lowest BCUT2D eigenvalue weighted by Crippen LogP contribution is -2.30. The Morgan fingerprint density at radius 1 is 0.326 bits per heavy atom. The number of ether oxygens (including phenoxy) is 3. The highest BCUT2D eigenvalue weighted by Gasteiger charge is 2.29. The molecule has 4 N–H and O–H groups in total. The van der Waals surface area contributed by atoms with E-state index in [1.165, 1.54) is 38.5 Å². The second-order valence-electron chi connectivity index (χ2n) is 21.9. The molecule has 0 aliphatic heterocycles. The van der Waals surface area contributed by atoms with Crippen LogP contribution < -0.4 is 0 Å². The van der Waals surface area contributed by atoms with Crippen LogP contribution in [0.4, 0.5) is 0 Å². The summed E-state index contributed by atoms with van der Waals surface area (Å²) in [7, 11) is -9.80. The van der Waals surface area contributed by atoms with E-state index in [9.17, 15) is 43.5 Å². The number of carbonyl (C=O) groups is 3. The summed E-state index contributed by atoms with van der Waals surface area (Å²) in [4.78, 5) is 58.3. The Morgan fingerprint density at radius 2 is 0.607 bits per heavy atom. The number of hydrogen-bond acceptors (Lipinski definition) is 14. The minimum Gasteiger partial charge on any atom is -0.463 e. The molecule has 0 saturated carbocycles. The first-order valence-electron chi connectivity index (χ1n) is 33.5. The molecule has 508 valence electrons. The van der Waals surface area contributed by atoms with Gasteiger partial charge in [-0.2, -0.15) is 0 Å². The zero-order valence-corrected chi connectivity index (χ0v) is 56.6. The van der Waals surface area contributed by atoms with Crippen molar-refractivity contribution in [3.05, 3.63) is 134 Å². The maximum atomic E-state index is 12.9. The predicted octanol–water partition coefficient (Wildman–Crippen LogP) is 18.4. The van der Waals surface area contributed by atoms with Crippen molar-refractivity contribution in [1.82, 2.24) is 0 Å². The molecule has 0 spiro atoms. The van der Waals surface area contributed by atoms with Crippen LogP contribution in [0.5, 0.6) is 0 Å². The van der Waals surface area contributed by atoms with Gasteiger partial charge in [0.25, 0.3) is 0 Å². The van der Waals surface area contributed by atoms with Crippen LogP contribution in [0.15, 0.2) is 134 Å². The molecule has 0 rings (SSSR count). The van der Waals surface area contributed by atoms with Crippen LogP contribution in [-0.2, 0) is 55.8 Å². The zero-order valence-electron chi connectivity index (χ0n) is 54.8. The number of aliphatic hydroxyl groups excluding tert-OH is 2. The van der Waals surface area contributed by atoms with Gasteiger partial charge in [0.2, 0.25) is 0 Å². The summed E-state index contributed by atoms with van der Waals surface area (Å²) in [6.45, 7) is 2.37. The predicted molar refractivity (Wildman–Crippen MR) is 362 cm³/mol. The normalized spacial score (nSPS) is 15.1. The average Bonchev–Trinajstić information content (AvgIpc) is 3.64. The fraction of sp³-hybridized carbons (Fsp3) is 0.648. The molecular weight excluding hydrogens is 1170 g/mol. The number of unbranched alkanes of at least 4 members (excludes halogenated alkanes) is 17. The van der Waals surface area contributed by atoms with Gasteiger partial charge in [-0.15, -0.1) is 0 Å². The number of rotatable bonds is 62. The van der Waals surface area contributed by atoms with E-state index >= 15 is 0 Å². The standard InChI is InChI=1S/C71H118O16P2/c1-4-7-10-13-16-19-22-24-26-28-30-32-34-36-38-40-43-45-48-51-54-57-69(74)81-60-66(72)61-83-88(77,78)84-62-67(73)63-85-89(79,80)86-65-68(87-71(76)59-56-53-50-47-42-21-18-15-12-9-6-3)64-82-70(75)58-55-52-49-46-44-41-39-37-35-33-31-29-27-25-23-20-17-14-11-8-5-2/h7,10,15-20,24-27,30-33,36-39,43,45,66-68,72-73H,4-6,8-9,11-14,21-23,28-29,34-35,40-42,44,46-65H2,1-3H3,(H,77,78)(H,79,80)/b10-7-,18-15-,19-16-,20-17-,26-24-,27-25-,32-30-,33-31-,38-36-,39-37-,45-43-. The van der Waals surface area contributed by atoms with Gasteiger partial charge in [0.15, 0.2) is 6.10 Å². The van der Waals surface area contributed by atoms with Crippen molar-refractivity contribution < 1.29 is 75.8 Å². The number of hydrogen-bond donors (Lipinski definition) is 4. The smallest absolute Gasteiger partial charge is 0.463 e. The number of esters is 3. The fourth-order valence-electron chi connectivity index (χ4n) is 8.18. The number of carbonyl (C=O) groups excluding carboxylic acids is 3. The highest BCUT2D eigenvalue weighted by molar-refractivity contribution is 7.47. The van der Waals surface area contributed by atoms with Gasteiger partial charge in [0, 0.05) is 19.3 Å². The second-order valence-corrected chi connectivity index (χ2v) is 24.8. The molecule has 0 fully saturated rings. The molecule has 0 bridgehead atoms. The molecular formula is C71H118O16P2. The van der Waals surface area contributed by atoms with Gasteiger partial charge in [-0.05, 0) is 135 Å². The first-order valence-corrected chi connectivity index (χ1v) is 36.5. The Bertz CT molecular complexity index is 2160. The Hall–Kier alpha value is -4.31. The van der Waals surface area contributed by atoms with Crippen molar-refractivity contribution in [3.63, 3.8) is 0 Å². The topological polar surface area (TPSA) is 231 Å². The highest BCUT2D eigenvalue weighted by Crippen LogP contribution is 2.45. The van der Waals surface area contributed by atoms with E-state index in [4.69, 9.17) is 32.3 Å². The molecule has 0 amide bonds. The summed E-state index contributed by atoms with van der Waals surface area (Å²) >= 11 is 0. The van der Waals surface area contributed by atoms with Crippen molar-refractivity contribution in [2.75, 3.05) is 39.6 Å². The molecule has 0 aromatic rings. The summed E-state index contributed by atoms with van der Waals surface area (Å²) < 4.78 is 60.7. The van der Waals surface area contributed by atoms with Gasteiger partial charge in [0.1, 0.15) is 25.4 Å². The van der Waals surface area contributed by atoms with E-state index in [0.29, 0.717) is 19.3 Å². The quantitative estimate of drug-likeness (QED) is 0.0146. The van der Waals surface area contributed by atoms with E-state index in [0.717, 1.165) is 141 Å². The van der Waals surface area contributed by atoms with Crippen LogP contribution in [0, 0.1) is 0 Å². The number of allylic oxidation sites excluding steroid dienone is 22. The Morgan fingerprint density at radius 3 is 1.01 bits per heavy atom. The average molecular weight is 1290 g/mol. The second kappa shape index (κ2) is 63.8. The van der Waals surface area contributed by atoms with Gasteiger partial charge in [-0.3, -0.25) is 32.5 Å². The molecule has 18 heteroatoms. The lowest BCUT2D eigenvalue weighted by molar-refractivity contribution is -0.161. The SMILES string of the molecule is CC/C=C\C/C=C\C/C=C\C/C=C\C/C=C\C/C=C\CCCCC(=O)OCC(O)COP(=O)(O)OCC(O)COP(=O)(O)OCC(COC(=O)CCCCCCC/C=C\C/C=C\C/C=C\C/C=C\CCCCC)OC(=O)CCCCCCC/C=C\CCCC. The third-order valence-electron chi connectivity index (χ3n) is 13.3. The third-order valence-corrected chi connectivity index (χ3v) is 15.2. The molecule has 0 aromatic carbocycles. The van der Waals surface area contributed by atoms with E-state index in [-0.39, 0.29) is 19.3 Å². The van der Waals surface area contributed by atoms with Crippen molar-refractivity contribution in [2.45, 2.75) is 257 Å². The summed E-state index contributed by atoms with van der Waals surface area (Å²) in [6.07, 6.45) is 73.7. The summed E-state index contributed by atoms with van der Waals surface area (Å²) in [5.41, 5.74) is 0. The molecule has 0 aromatic heterocycles. The maximum Gasteiger partial charge on any atom is 0.472 e. The lowest BCUT2D eigenvalue weighted by Gasteiger charge is -2.21. The lowest BCUT2D eigenvalue weighted by atomic mass is 10.1. The Balaban J connectivity index is 4.67. The molecule has 16 nitrogen and oxygen atoms in total. The van der Waals surface area contributed by atoms with Crippen LogP contribution >= 0.6 is 15.6 Å². The van der Waals surface area contributed by atoms with Gasteiger partial charge in [-0.1, -0.05) is 219 Å². The minimum absolute atomic E-state index is 0.0847. The molecule has 0 radical (unpaired) electrons. The van der Waals surface area contributed by atoms with Gasteiger partial charge in [0.05, 0.1) is 26.4 Å². The summed E-state index contributed by atoms with van der Waals surface area (Å²) in [5.74, 6) is -1.66. The van der Waals surface area contributed by atoms with Crippen molar-refractivity contribution in [1.29, 1.82) is 0 Å². The number of aliphatic hydroxyl groups is 2. The minimum atomic E-state index is -4.93. The largest absolute Gasteiger partial charge is 0.472 e. The molecule has 5 atom stereocenters.